The predicted molar refractivity (Wildman–Crippen MR) is 51.9 cm³/mol. The Hall–Kier alpha value is -1.22. The van der Waals surface area contributed by atoms with Crippen LogP contribution in [0.2, 0.25) is 0 Å². The Kier molecular flexibility index (Phi) is 2.33. The summed E-state index contributed by atoms with van der Waals surface area (Å²) in [6.07, 6.45) is 0.877. The number of hydrogen-bond donors (Lipinski definition) is 1. The van der Waals surface area contributed by atoms with Crippen molar-refractivity contribution in [3.8, 4) is 11.5 Å². The molecule has 0 aromatic heterocycles. The molecule has 14 heavy (non-hydrogen) atoms. The second-order valence-corrected chi connectivity index (χ2v) is 3.66. The molecule has 0 amide bonds. The van der Waals surface area contributed by atoms with Crippen molar-refractivity contribution in [2.45, 2.75) is 18.4 Å². The minimum Gasteiger partial charge on any atom is -0.508 e. The number of carbonyl (C=O) groups is 1. The first-order valence-electron chi connectivity index (χ1n) is 4.34. The fraction of sp³-hybridized carbons (Fsp3) is 0.300. The van der Waals surface area contributed by atoms with Gasteiger partial charge in [-0.05, 0) is 12.1 Å². The van der Waals surface area contributed by atoms with Crippen molar-refractivity contribution < 1.29 is 14.6 Å². The van der Waals surface area contributed by atoms with Gasteiger partial charge in [0.25, 0.3) is 0 Å². The van der Waals surface area contributed by atoms with Gasteiger partial charge in [0.15, 0.2) is 11.3 Å². The number of fused-ring (bicyclic) bond motifs is 1. The zero-order valence-electron chi connectivity index (χ0n) is 7.37. The topological polar surface area (TPSA) is 46.5 Å². The number of phenols is 1. The Morgan fingerprint density at radius 2 is 2.29 bits per heavy atom. The van der Waals surface area contributed by atoms with Crippen LogP contribution in [0.1, 0.15) is 23.2 Å². The molecule has 74 valence electrons. The molecule has 1 aromatic carbocycles. The van der Waals surface area contributed by atoms with Gasteiger partial charge in [0, 0.05) is 18.9 Å². The van der Waals surface area contributed by atoms with Crippen molar-refractivity contribution in [1.82, 2.24) is 0 Å². The Bertz CT molecular complexity index is 376. The highest BCUT2D eigenvalue weighted by molar-refractivity contribution is 6.20. The van der Waals surface area contributed by atoms with Gasteiger partial charge in [-0.3, -0.25) is 4.79 Å². The smallest absolute Gasteiger partial charge is 0.172 e. The summed E-state index contributed by atoms with van der Waals surface area (Å²) < 4.78 is 5.29. The van der Waals surface area contributed by atoms with Crippen molar-refractivity contribution in [2.75, 3.05) is 0 Å². The van der Waals surface area contributed by atoms with Gasteiger partial charge in [-0.2, -0.15) is 0 Å². The molecule has 0 radical (unpaired) electrons. The molecule has 1 unspecified atom stereocenters. The number of carbonyl (C=O) groups excluding carboxylic acids is 1. The van der Waals surface area contributed by atoms with E-state index in [1.807, 2.05) is 0 Å². The third-order valence-electron chi connectivity index (χ3n) is 2.12. The fourth-order valence-electron chi connectivity index (χ4n) is 1.41. The Morgan fingerprint density at radius 1 is 1.50 bits per heavy atom. The highest BCUT2D eigenvalue weighted by atomic mass is 35.5. The largest absolute Gasteiger partial charge is 0.508 e. The predicted octanol–water partition coefficient (Wildman–Crippen LogP) is 2.31. The van der Waals surface area contributed by atoms with E-state index in [1.54, 1.807) is 6.07 Å². The minimum absolute atomic E-state index is 0.00292. The van der Waals surface area contributed by atoms with E-state index in [2.05, 4.69) is 0 Å². The zero-order valence-corrected chi connectivity index (χ0v) is 8.12. The number of ketones is 1. The van der Waals surface area contributed by atoms with Crippen LogP contribution in [0.25, 0.3) is 0 Å². The molecule has 1 aliphatic rings. The standard InChI is InChI=1S/C10H9ClO3/c11-10-4-3-8(13)7-2-1-6(12)5-9(7)14-10/h1-2,5,10,12H,3-4H2. The molecule has 1 N–H and O–H groups in total. The lowest BCUT2D eigenvalue weighted by Crippen LogP contribution is -2.06. The van der Waals surface area contributed by atoms with Crippen molar-refractivity contribution in [1.29, 1.82) is 0 Å². The van der Waals surface area contributed by atoms with Gasteiger partial charge in [-0.25, -0.2) is 0 Å². The Morgan fingerprint density at radius 3 is 3.07 bits per heavy atom. The van der Waals surface area contributed by atoms with E-state index in [-0.39, 0.29) is 11.5 Å². The molecule has 4 heteroatoms. The third kappa shape index (κ3) is 1.68. The van der Waals surface area contributed by atoms with Gasteiger partial charge in [0.05, 0.1) is 5.56 Å². The zero-order chi connectivity index (χ0) is 10.1. The number of rotatable bonds is 0. The summed E-state index contributed by atoms with van der Waals surface area (Å²) >= 11 is 5.81. The monoisotopic (exact) mass is 212 g/mol. The van der Waals surface area contributed by atoms with E-state index >= 15 is 0 Å². The molecule has 0 bridgehead atoms. The summed E-state index contributed by atoms with van der Waals surface area (Å²) in [5, 5.41) is 9.22. The van der Waals surface area contributed by atoms with Crippen LogP contribution in [0.3, 0.4) is 0 Å². The molecule has 0 spiro atoms. The fourth-order valence-corrected chi connectivity index (χ4v) is 1.62. The van der Waals surface area contributed by atoms with Crippen LogP contribution >= 0.6 is 11.6 Å². The number of ether oxygens (including phenoxy) is 1. The average molecular weight is 213 g/mol. The summed E-state index contributed by atoms with van der Waals surface area (Å²) in [4.78, 5) is 11.5. The van der Waals surface area contributed by atoms with Gasteiger partial charge >= 0.3 is 0 Å². The Labute approximate surface area is 86.3 Å². The van der Waals surface area contributed by atoms with E-state index < -0.39 is 5.56 Å². The number of hydrogen-bond acceptors (Lipinski definition) is 3. The number of benzene rings is 1. The Balaban J connectivity index is 2.47. The molecule has 3 nitrogen and oxygen atoms in total. The van der Waals surface area contributed by atoms with E-state index in [9.17, 15) is 9.90 Å². The van der Waals surface area contributed by atoms with Crippen LogP contribution in [0.4, 0.5) is 0 Å². The number of aromatic hydroxyl groups is 1. The number of Topliss-reactive ketones (excluding diaryl/α,β-unsaturated/α-hetero) is 1. The van der Waals surface area contributed by atoms with E-state index in [0.717, 1.165) is 0 Å². The quantitative estimate of drug-likeness (QED) is 0.672. The molecule has 1 atom stereocenters. The van der Waals surface area contributed by atoms with Crippen LogP contribution in [0.15, 0.2) is 18.2 Å². The van der Waals surface area contributed by atoms with Gasteiger partial charge in [0.1, 0.15) is 11.5 Å². The molecular weight excluding hydrogens is 204 g/mol. The van der Waals surface area contributed by atoms with E-state index in [4.69, 9.17) is 16.3 Å². The average Bonchev–Trinajstić information content (AvgIpc) is 2.26. The van der Waals surface area contributed by atoms with Crippen LogP contribution < -0.4 is 4.74 Å². The first kappa shape index (κ1) is 9.34. The van der Waals surface area contributed by atoms with Gasteiger partial charge in [-0.15, -0.1) is 0 Å². The lowest BCUT2D eigenvalue weighted by Gasteiger charge is -2.09. The number of alkyl halides is 1. The SMILES string of the molecule is O=C1CCC(Cl)Oc2cc(O)ccc21. The van der Waals surface area contributed by atoms with Crippen molar-refractivity contribution in [3.05, 3.63) is 23.8 Å². The molecule has 0 saturated heterocycles. The van der Waals surface area contributed by atoms with Crippen LogP contribution in [-0.2, 0) is 0 Å². The second-order valence-electron chi connectivity index (χ2n) is 3.17. The summed E-state index contributed by atoms with van der Waals surface area (Å²) in [5.74, 6) is 0.443. The molecule has 1 aliphatic heterocycles. The maximum atomic E-state index is 11.5. The minimum atomic E-state index is -0.498. The highest BCUT2D eigenvalue weighted by Gasteiger charge is 2.21. The normalized spacial score (nSPS) is 20.9. The molecule has 0 saturated carbocycles. The van der Waals surface area contributed by atoms with Crippen molar-refractivity contribution in [2.24, 2.45) is 0 Å². The van der Waals surface area contributed by atoms with E-state index in [0.29, 0.717) is 24.2 Å². The maximum Gasteiger partial charge on any atom is 0.172 e. The second kappa shape index (κ2) is 3.50. The number of halogens is 1. The molecule has 1 aromatic rings. The molecule has 1 heterocycles. The first-order chi connectivity index (χ1) is 6.66. The van der Waals surface area contributed by atoms with Crippen LogP contribution in [0.5, 0.6) is 11.5 Å². The van der Waals surface area contributed by atoms with Crippen molar-refractivity contribution >= 4 is 17.4 Å². The third-order valence-corrected chi connectivity index (χ3v) is 2.43. The van der Waals surface area contributed by atoms with Gasteiger partial charge in [-0.1, -0.05) is 11.6 Å². The van der Waals surface area contributed by atoms with Crippen molar-refractivity contribution in [3.63, 3.8) is 0 Å². The highest BCUT2D eigenvalue weighted by Crippen LogP contribution is 2.30. The van der Waals surface area contributed by atoms with Crippen LogP contribution in [-0.4, -0.2) is 16.5 Å². The number of phenolic OH excluding ortho intramolecular Hbond substituents is 1. The van der Waals surface area contributed by atoms with Crippen LogP contribution in [0, 0.1) is 0 Å². The van der Waals surface area contributed by atoms with Gasteiger partial charge < -0.3 is 9.84 Å². The first-order valence-corrected chi connectivity index (χ1v) is 4.77. The maximum absolute atomic E-state index is 11.5. The molecule has 0 fully saturated rings. The summed E-state index contributed by atoms with van der Waals surface area (Å²) in [5.41, 5.74) is -0.00653. The van der Waals surface area contributed by atoms with E-state index in [1.165, 1.54) is 12.1 Å². The van der Waals surface area contributed by atoms with Gasteiger partial charge in [0.2, 0.25) is 0 Å². The lowest BCUT2D eigenvalue weighted by atomic mass is 10.1. The molecular formula is C10H9ClO3. The lowest BCUT2D eigenvalue weighted by molar-refractivity contribution is 0.0982. The summed E-state index contributed by atoms with van der Waals surface area (Å²) in [6.45, 7) is 0. The molecule has 0 aliphatic carbocycles. The molecule has 2 rings (SSSR count). The summed E-state index contributed by atoms with van der Waals surface area (Å²) in [7, 11) is 0. The summed E-state index contributed by atoms with van der Waals surface area (Å²) in [6, 6.07) is 4.44.